The lowest BCUT2D eigenvalue weighted by Crippen LogP contribution is -2.16. The Bertz CT molecular complexity index is 865. The van der Waals surface area contributed by atoms with Crippen molar-refractivity contribution in [2.75, 3.05) is 14.2 Å². The molecule has 0 bridgehead atoms. The molecule has 26 heavy (non-hydrogen) atoms. The highest BCUT2D eigenvalue weighted by Gasteiger charge is 2.12. The van der Waals surface area contributed by atoms with Crippen LogP contribution in [0.4, 0.5) is 0 Å². The Hall–Kier alpha value is -2.15. The Balaban J connectivity index is 2.67. The number of hydrogen-bond acceptors (Lipinski definition) is 2. The maximum Gasteiger partial charge on any atom is 0.135 e. The summed E-state index contributed by atoms with van der Waals surface area (Å²) in [5, 5.41) is 2.17. The van der Waals surface area contributed by atoms with Crippen molar-refractivity contribution in [2.45, 2.75) is 39.3 Å². The van der Waals surface area contributed by atoms with E-state index >= 15 is 0 Å². The number of methoxy groups -OCH3 is 2. The summed E-state index contributed by atoms with van der Waals surface area (Å²) >= 11 is 0. The lowest BCUT2D eigenvalue weighted by Gasteiger charge is -2.11. The van der Waals surface area contributed by atoms with Gasteiger partial charge in [-0.2, -0.15) is 0 Å². The lowest BCUT2D eigenvalue weighted by atomic mass is 10.0. The van der Waals surface area contributed by atoms with Crippen molar-refractivity contribution in [2.24, 2.45) is 0 Å². The van der Waals surface area contributed by atoms with Crippen molar-refractivity contribution in [3.05, 3.63) is 35.4 Å². The molecule has 0 N–H and O–H groups in total. The van der Waals surface area contributed by atoms with E-state index in [-0.39, 0.29) is 0 Å². The van der Waals surface area contributed by atoms with Gasteiger partial charge >= 0.3 is 0 Å². The summed E-state index contributed by atoms with van der Waals surface area (Å²) in [5.41, 5.74) is 8.70. The van der Waals surface area contributed by atoms with E-state index in [0.717, 1.165) is 33.4 Å². The Kier molecular flexibility index (Phi) is 5.91. The van der Waals surface area contributed by atoms with Gasteiger partial charge in [-0.15, -0.1) is 11.1 Å². The highest BCUT2D eigenvalue weighted by atomic mass is 28.3. The second-order valence-electron chi connectivity index (χ2n) is 8.45. The zero-order chi connectivity index (χ0) is 19.5. The first-order valence-electron chi connectivity index (χ1n) is 8.78. The van der Waals surface area contributed by atoms with Gasteiger partial charge in [0, 0.05) is 0 Å². The molecule has 0 saturated carbocycles. The largest absolute Gasteiger partial charge is 0.495 e. The van der Waals surface area contributed by atoms with Crippen molar-refractivity contribution >= 4 is 26.9 Å². The molecule has 0 aliphatic heterocycles. The summed E-state index contributed by atoms with van der Waals surface area (Å²) in [6.45, 7) is 13.4. The highest BCUT2D eigenvalue weighted by molar-refractivity contribution is 6.84. The molecule has 2 rings (SSSR count). The minimum atomic E-state index is -1.46. The normalized spacial score (nSPS) is 11.2. The molecule has 0 radical (unpaired) electrons. The SMILES string of the molecule is COc1cc2cc(OC)c(C#C[Si](C)(C)C)cc2cc1C#C[Si](C)(C)C. The Labute approximate surface area is 159 Å². The molecule has 0 unspecified atom stereocenters. The van der Waals surface area contributed by atoms with Crippen LogP contribution in [0.3, 0.4) is 0 Å². The third-order valence-electron chi connectivity index (χ3n) is 3.62. The zero-order valence-electron chi connectivity index (χ0n) is 17.1. The van der Waals surface area contributed by atoms with E-state index in [2.05, 4.69) is 74.3 Å². The molecular weight excluding hydrogens is 352 g/mol. The van der Waals surface area contributed by atoms with Crippen LogP contribution >= 0.6 is 0 Å². The van der Waals surface area contributed by atoms with Gasteiger partial charge in [-0.05, 0) is 35.0 Å². The molecule has 136 valence electrons. The summed E-state index contributed by atoms with van der Waals surface area (Å²) in [7, 11) is 0.459. The second kappa shape index (κ2) is 7.62. The zero-order valence-corrected chi connectivity index (χ0v) is 19.1. The fraction of sp³-hybridized carbons (Fsp3) is 0.364. The molecule has 2 aromatic rings. The minimum Gasteiger partial charge on any atom is -0.495 e. The maximum atomic E-state index is 5.56. The van der Waals surface area contributed by atoms with Gasteiger partial charge in [-0.3, -0.25) is 0 Å². The van der Waals surface area contributed by atoms with Gasteiger partial charge in [-0.25, -0.2) is 0 Å². The first-order valence-corrected chi connectivity index (χ1v) is 15.8. The van der Waals surface area contributed by atoms with Gasteiger partial charge in [0.25, 0.3) is 0 Å². The first kappa shape index (κ1) is 20.2. The maximum absolute atomic E-state index is 5.56. The molecule has 0 aromatic heterocycles. The number of fused-ring (bicyclic) bond motifs is 1. The minimum absolute atomic E-state index is 0.797. The average molecular weight is 381 g/mol. The van der Waals surface area contributed by atoms with Crippen LogP contribution in [-0.2, 0) is 0 Å². The molecule has 0 saturated heterocycles. The van der Waals surface area contributed by atoms with Crippen LogP contribution in [0.2, 0.25) is 39.3 Å². The molecule has 0 aliphatic rings. The van der Waals surface area contributed by atoms with Gasteiger partial charge in [0.05, 0.1) is 25.3 Å². The van der Waals surface area contributed by atoms with Crippen LogP contribution in [0.15, 0.2) is 24.3 Å². The van der Waals surface area contributed by atoms with E-state index in [1.165, 1.54) is 0 Å². The standard InChI is InChI=1S/C22H28O2Si2/c1-23-21-15-20-16-22(24-2)18(10-12-26(6,7)8)14-19(20)13-17(21)9-11-25(3,4)5/h13-16H,1-8H3. The Morgan fingerprint density at radius 1 is 0.615 bits per heavy atom. The third-order valence-corrected chi connectivity index (χ3v) is 5.37. The fourth-order valence-corrected chi connectivity index (χ4v) is 3.37. The fourth-order valence-electron chi connectivity index (χ4n) is 2.35. The van der Waals surface area contributed by atoms with Crippen molar-refractivity contribution in [3.63, 3.8) is 0 Å². The monoisotopic (exact) mass is 380 g/mol. The van der Waals surface area contributed by atoms with Gasteiger partial charge in [-0.1, -0.05) is 51.1 Å². The summed E-state index contributed by atoms with van der Waals surface area (Å²) < 4.78 is 11.1. The number of rotatable bonds is 2. The molecule has 0 amide bonds. The summed E-state index contributed by atoms with van der Waals surface area (Å²) in [5.74, 6) is 8.25. The Morgan fingerprint density at radius 2 is 0.962 bits per heavy atom. The lowest BCUT2D eigenvalue weighted by molar-refractivity contribution is 0.412. The molecule has 2 nitrogen and oxygen atoms in total. The van der Waals surface area contributed by atoms with E-state index in [1.807, 2.05) is 12.1 Å². The van der Waals surface area contributed by atoms with Crippen molar-refractivity contribution in [1.29, 1.82) is 0 Å². The van der Waals surface area contributed by atoms with Crippen LogP contribution in [0.5, 0.6) is 11.5 Å². The highest BCUT2D eigenvalue weighted by Crippen LogP contribution is 2.31. The topological polar surface area (TPSA) is 18.5 Å². The Morgan fingerprint density at radius 3 is 1.27 bits per heavy atom. The molecule has 2 aromatic carbocycles. The van der Waals surface area contributed by atoms with Gasteiger partial charge in [0.1, 0.15) is 27.6 Å². The third kappa shape index (κ3) is 5.43. The van der Waals surface area contributed by atoms with E-state index in [4.69, 9.17) is 9.47 Å². The number of hydrogen-bond donors (Lipinski definition) is 0. The number of benzene rings is 2. The second-order valence-corrected chi connectivity index (χ2v) is 18.0. The van der Waals surface area contributed by atoms with E-state index in [1.54, 1.807) is 14.2 Å². The van der Waals surface area contributed by atoms with Crippen molar-refractivity contribution in [1.82, 2.24) is 0 Å². The summed E-state index contributed by atoms with van der Waals surface area (Å²) in [4.78, 5) is 0. The quantitative estimate of drug-likeness (QED) is 0.519. The van der Waals surface area contributed by atoms with Crippen molar-refractivity contribution < 1.29 is 9.47 Å². The molecule has 0 atom stereocenters. The van der Waals surface area contributed by atoms with E-state index in [9.17, 15) is 0 Å². The molecule has 4 heteroatoms. The van der Waals surface area contributed by atoms with Crippen molar-refractivity contribution in [3.8, 4) is 34.4 Å². The average Bonchev–Trinajstić information content (AvgIpc) is 2.54. The van der Waals surface area contributed by atoms with Crippen LogP contribution < -0.4 is 9.47 Å². The van der Waals surface area contributed by atoms with E-state index in [0.29, 0.717) is 0 Å². The number of ether oxygens (including phenoxy) is 2. The van der Waals surface area contributed by atoms with Gasteiger partial charge < -0.3 is 9.47 Å². The van der Waals surface area contributed by atoms with Gasteiger partial charge in [0.15, 0.2) is 0 Å². The molecule has 0 spiro atoms. The first-order chi connectivity index (χ1) is 12.0. The predicted molar refractivity (Wildman–Crippen MR) is 118 cm³/mol. The van der Waals surface area contributed by atoms with Crippen LogP contribution in [0.1, 0.15) is 11.1 Å². The summed E-state index contributed by atoms with van der Waals surface area (Å²) in [6.07, 6.45) is 0. The van der Waals surface area contributed by atoms with Crippen LogP contribution in [0.25, 0.3) is 10.8 Å². The van der Waals surface area contributed by atoms with Crippen LogP contribution in [0, 0.1) is 22.9 Å². The summed E-state index contributed by atoms with van der Waals surface area (Å²) in [6, 6.07) is 8.25. The molecule has 0 aliphatic carbocycles. The smallest absolute Gasteiger partial charge is 0.135 e. The van der Waals surface area contributed by atoms with Crippen LogP contribution in [-0.4, -0.2) is 30.4 Å². The van der Waals surface area contributed by atoms with E-state index < -0.39 is 16.1 Å². The predicted octanol–water partition coefficient (Wildman–Crippen LogP) is 5.31. The molecule has 0 fully saturated rings. The molecule has 0 heterocycles. The van der Waals surface area contributed by atoms with Gasteiger partial charge in [0.2, 0.25) is 0 Å². The molecular formula is C22H28O2Si2.